The van der Waals surface area contributed by atoms with Crippen molar-refractivity contribution in [2.24, 2.45) is 0 Å². The number of aromatic nitrogens is 6. The Bertz CT molecular complexity index is 1050. The quantitative estimate of drug-likeness (QED) is 0.268. The van der Waals surface area contributed by atoms with Crippen LogP contribution in [0.5, 0.6) is 0 Å². The van der Waals surface area contributed by atoms with Crippen molar-refractivity contribution < 1.29 is 14.4 Å². The molecular weight excluding hydrogens is 350 g/mol. The molecule has 0 bridgehead atoms. The minimum atomic E-state index is -0.650. The summed E-state index contributed by atoms with van der Waals surface area (Å²) in [5, 5.41) is 25.5. The van der Waals surface area contributed by atoms with Gasteiger partial charge in [-0.05, 0) is 23.6 Å². The lowest BCUT2D eigenvalue weighted by atomic mass is 10.1. The van der Waals surface area contributed by atoms with E-state index in [1.807, 2.05) is 30.3 Å². The number of carbonyl (C=O) groups is 1. The normalized spacial score (nSPS) is 12.6. The van der Waals surface area contributed by atoms with E-state index >= 15 is 0 Å². The first-order chi connectivity index (χ1) is 13.2. The van der Waals surface area contributed by atoms with E-state index in [1.54, 1.807) is 10.9 Å². The summed E-state index contributed by atoms with van der Waals surface area (Å²) >= 11 is 0. The molecule has 0 aliphatic carbocycles. The predicted molar refractivity (Wildman–Crippen MR) is 93.4 cm³/mol. The van der Waals surface area contributed by atoms with E-state index in [9.17, 15) is 4.79 Å². The third-order valence-corrected chi connectivity index (χ3v) is 4.05. The van der Waals surface area contributed by atoms with Crippen molar-refractivity contribution in [3.05, 3.63) is 66.3 Å². The summed E-state index contributed by atoms with van der Waals surface area (Å²) in [4.78, 5) is 14.5. The largest absolute Gasteiger partial charge is 0.428 e. The van der Waals surface area contributed by atoms with Crippen molar-refractivity contribution in [1.82, 2.24) is 35.7 Å². The summed E-state index contributed by atoms with van der Waals surface area (Å²) in [6.45, 7) is 0. The Morgan fingerprint density at radius 1 is 1.37 bits per heavy atom. The molecule has 1 atom stereocenters. The first-order valence-corrected chi connectivity index (χ1v) is 8.09. The second-order valence-corrected chi connectivity index (χ2v) is 5.80. The number of nitrogens with zero attached hydrogens (tertiary/aromatic N) is 5. The smallest absolute Gasteiger partial charge is 0.267 e. The van der Waals surface area contributed by atoms with Crippen molar-refractivity contribution in [2.75, 3.05) is 0 Å². The van der Waals surface area contributed by atoms with Gasteiger partial charge in [-0.1, -0.05) is 23.4 Å². The fraction of sp³-hybridized carbons (Fsp3) is 0.118. The van der Waals surface area contributed by atoms with E-state index in [4.69, 9.17) is 9.62 Å². The highest BCUT2D eigenvalue weighted by atomic mass is 16.5. The van der Waals surface area contributed by atoms with Crippen LogP contribution in [0.25, 0.3) is 17.0 Å². The summed E-state index contributed by atoms with van der Waals surface area (Å²) in [6, 6.07) is 9.71. The molecule has 0 radical (unpaired) electrons. The molecule has 10 nitrogen and oxygen atoms in total. The standard InChI is InChI=1S/C17H15N7O3/c25-16(22-26)6-5-12-9-24(23-20-12)15(8-17-21-18-10-27-17)14-7-11-3-1-2-4-13(11)19-14/h1-7,9-10,15,19,26H,8H2,(H,22,25)/b6-5+. The first kappa shape index (κ1) is 16.7. The van der Waals surface area contributed by atoms with Crippen LogP contribution < -0.4 is 5.48 Å². The molecule has 3 heterocycles. The summed E-state index contributed by atoms with van der Waals surface area (Å²) in [5.41, 5.74) is 3.89. The molecule has 1 amide bonds. The number of para-hydroxylation sites is 1. The fourth-order valence-electron chi connectivity index (χ4n) is 2.79. The van der Waals surface area contributed by atoms with Gasteiger partial charge in [-0.3, -0.25) is 10.0 Å². The van der Waals surface area contributed by atoms with Gasteiger partial charge in [0, 0.05) is 17.3 Å². The van der Waals surface area contributed by atoms with E-state index in [2.05, 4.69) is 25.5 Å². The maximum Gasteiger partial charge on any atom is 0.267 e. The zero-order valence-electron chi connectivity index (χ0n) is 14.0. The van der Waals surface area contributed by atoms with Crippen LogP contribution in [-0.4, -0.2) is 41.3 Å². The molecule has 10 heteroatoms. The Kier molecular flexibility index (Phi) is 4.45. The molecule has 3 N–H and O–H groups in total. The van der Waals surface area contributed by atoms with Crippen LogP contribution in [0.4, 0.5) is 0 Å². The molecule has 4 rings (SSSR count). The first-order valence-electron chi connectivity index (χ1n) is 8.09. The molecule has 27 heavy (non-hydrogen) atoms. The van der Waals surface area contributed by atoms with Crippen molar-refractivity contribution in [3.63, 3.8) is 0 Å². The van der Waals surface area contributed by atoms with Gasteiger partial charge in [-0.2, -0.15) is 0 Å². The highest BCUT2D eigenvalue weighted by Crippen LogP contribution is 2.25. The Hall–Kier alpha value is -3.79. The average molecular weight is 365 g/mol. The minimum absolute atomic E-state index is 0.265. The number of amides is 1. The average Bonchev–Trinajstić information content (AvgIpc) is 3.44. The number of nitrogens with one attached hydrogen (secondary N) is 2. The van der Waals surface area contributed by atoms with Gasteiger partial charge < -0.3 is 9.40 Å². The topological polar surface area (TPSA) is 135 Å². The third kappa shape index (κ3) is 3.60. The highest BCUT2D eigenvalue weighted by molar-refractivity contribution is 5.90. The molecule has 4 aromatic rings. The molecular formula is C17H15N7O3. The van der Waals surface area contributed by atoms with Crippen LogP contribution >= 0.6 is 0 Å². The fourth-order valence-corrected chi connectivity index (χ4v) is 2.79. The van der Waals surface area contributed by atoms with Crippen LogP contribution in [0.3, 0.4) is 0 Å². The third-order valence-electron chi connectivity index (χ3n) is 4.05. The number of fused-ring (bicyclic) bond motifs is 1. The molecule has 0 spiro atoms. The monoisotopic (exact) mass is 365 g/mol. The van der Waals surface area contributed by atoms with E-state index in [0.29, 0.717) is 18.0 Å². The zero-order valence-corrected chi connectivity index (χ0v) is 14.0. The second kappa shape index (κ2) is 7.22. The van der Waals surface area contributed by atoms with E-state index < -0.39 is 5.91 Å². The van der Waals surface area contributed by atoms with Crippen LogP contribution in [0.1, 0.15) is 23.3 Å². The number of H-pyrrole nitrogens is 1. The summed E-state index contributed by atoms with van der Waals surface area (Å²) in [6.07, 6.45) is 5.99. The number of rotatable bonds is 6. The second-order valence-electron chi connectivity index (χ2n) is 5.80. The molecule has 3 aromatic heterocycles. The van der Waals surface area contributed by atoms with Crippen molar-refractivity contribution >= 4 is 22.9 Å². The summed E-state index contributed by atoms with van der Waals surface area (Å²) in [7, 11) is 0. The lowest BCUT2D eigenvalue weighted by Gasteiger charge is -2.13. The van der Waals surface area contributed by atoms with Crippen LogP contribution in [0, 0.1) is 0 Å². The number of carbonyl (C=O) groups excluding carboxylic acids is 1. The Labute approximate surface area is 152 Å². The Morgan fingerprint density at radius 2 is 2.26 bits per heavy atom. The Balaban J connectivity index is 1.69. The van der Waals surface area contributed by atoms with Crippen LogP contribution in [0.15, 0.2) is 53.4 Å². The van der Waals surface area contributed by atoms with E-state index in [0.717, 1.165) is 22.7 Å². The van der Waals surface area contributed by atoms with Gasteiger partial charge in [0.2, 0.25) is 12.3 Å². The molecule has 136 valence electrons. The molecule has 0 fully saturated rings. The lowest BCUT2D eigenvalue weighted by Crippen LogP contribution is -2.15. The molecule has 1 aromatic carbocycles. The minimum Gasteiger partial charge on any atom is -0.428 e. The SMILES string of the molecule is O=C(/C=C/c1cn(C(Cc2nnco2)c2cc3ccccc3[nH]2)nn1)NO. The van der Waals surface area contributed by atoms with Gasteiger partial charge in [0.25, 0.3) is 5.91 Å². The van der Waals surface area contributed by atoms with Crippen molar-refractivity contribution in [3.8, 4) is 0 Å². The maximum atomic E-state index is 11.1. The number of benzene rings is 1. The van der Waals surface area contributed by atoms with E-state index in [-0.39, 0.29) is 6.04 Å². The zero-order chi connectivity index (χ0) is 18.6. The molecule has 0 aliphatic heterocycles. The summed E-state index contributed by atoms with van der Waals surface area (Å²) in [5.74, 6) is -0.187. The number of aromatic amines is 1. The summed E-state index contributed by atoms with van der Waals surface area (Å²) < 4.78 is 6.95. The molecule has 0 aliphatic rings. The molecule has 0 saturated carbocycles. The molecule has 0 saturated heterocycles. The van der Waals surface area contributed by atoms with E-state index in [1.165, 1.54) is 17.9 Å². The Morgan fingerprint density at radius 3 is 3.04 bits per heavy atom. The van der Waals surface area contributed by atoms with Crippen LogP contribution in [0.2, 0.25) is 0 Å². The van der Waals surface area contributed by atoms with Crippen molar-refractivity contribution in [1.29, 1.82) is 0 Å². The van der Waals surface area contributed by atoms with Crippen LogP contribution in [-0.2, 0) is 11.2 Å². The predicted octanol–water partition coefficient (Wildman–Crippen LogP) is 1.49. The van der Waals surface area contributed by atoms with Gasteiger partial charge in [-0.15, -0.1) is 15.3 Å². The van der Waals surface area contributed by atoms with Gasteiger partial charge in [-0.25, -0.2) is 10.2 Å². The molecule has 1 unspecified atom stereocenters. The lowest BCUT2D eigenvalue weighted by molar-refractivity contribution is -0.124. The number of hydrogen-bond acceptors (Lipinski definition) is 7. The van der Waals surface area contributed by atoms with Gasteiger partial charge >= 0.3 is 0 Å². The highest BCUT2D eigenvalue weighted by Gasteiger charge is 2.21. The number of hydroxylamine groups is 1. The van der Waals surface area contributed by atoms with Crippen molar-refractivity contribution in [2.45, 2.75) is 12.5 Å². The van der Waals surface area contributed by atoms with Gasteiger partial charge in [0.1, 0.15) is 11.7 Å². The number of hydrogen-bond donors (Lipinski definition) is 3. The van der Waals surface area contributed by atoms with Gasteiger partial charge in [0.05, 0.1) is 12.6 Å². The maximum absolute atomic E-state index is 11.1. The van der Waals surface area contributed by atoms with Gasteiger partial charge in [0.15, 0.2) is 0 Å².